The molecule has 0 saturated heterocycles. The first-order chi connectivity index (χ1) is 9.91. The van der Waals surface area contributed by atoms with E-state index in [0.29, 0.717) is 12.2 Å². The van der Waals surface area contributed by atoms with Crippen molar-refractivity contribution in [3.8, 4) is 0 Å². The number of halogens is 3. The minimum absolute atomic E-state index is 0.0982. The summed E-state index contributed by atoms with van der Waals surface area (Å²) in [5.74, 6) is 0. The molecule has 6 heteroatoms. The first-order valence-electron chi connectivity index (χ1n) is 6.42. The van der Waals surface area contributed by atoms with E-state index in [9.17, 15) is 13.2 Å². The van der Waals surface area contributed by atoms with Crippen LogP contribution in [0.1, 0.15) is 16.7 Å². The number of benzene rings is 1. The molecule has 0 amide bonds. The van der Waals surface area contributed by atoms with Crippen molar-refractivity contribution >= 4 is 5.69 Å². The summed E-state index contributed by atoms with van der Waals surface area (Å²) in [4.78, 5) is 5.74. The Labute approximate surface area is 121 Å². The summed E-state index contributed by atoms with van der Waals surface area (Å²) < 4.78 is 39.1. The van der Waals surface area contributed by atoms with E-state index in [-0.39, 0.29) is 12.1 Å². The number of aromatic nitrogens is 1. The molecular weight excluding hydrogens is 279 g/mol. The van der Waals surface area contributed by atoms with Crippen LogP contribution < -0.4 is 10.6 Å². The van der Waals surface area contributed by atoms with E-state index in [4.69, 9.17) is 5.73 Å². The summed E-state index contributed by atoms with van der Waals surface area (Å²) in [7, 11) is 1.74. The lowest BCUT2D eigenvalue weighted by Crippen LogP contribution is -2.19. The fraction of sp³-hybridized carbons (Fsp3) is 0.267. The van der Waals surface area contributed by atoms with E-state index < -0.39 is 11.7 Å². The molecule has 0 bridgehead atoms. The van der Waals surface area contributed by atoms with Gasteiger partial charge in [-0.3, -0.25) is 4.98 Å². The molecule has 0 aliphatic heterocycles. The Bertz CT molecular complexity index is 597. The third-order valence-corrected chi connectivity index (χ3v) is 3.20. The van der Waals surface area contributed by atoms with Crippen molar-refractivity contribution in [2.24, 2.45) is 5.73 Å². The van der Waals surface area contributed by atoms with Crippen LogP contribution in [0.25, 0.3) is 0 Å². The SMILES string of the molecule is CN(Cc1cccnc1)c1ccc(CN)c(C(F)(F)F)c1. The predicted molar refractivity (Wildman–Crippen MR) is 75.7 cm³/mol. The minimum Gasteiger partial charge on any atom is -0.370 e. The van der Waals surface area contributed by atoms with Gasteiger partial charge in [-0.05, 0) is 29.3 Å². The fourth-order valence-corrected chi connectivity index (χ4v) is 2.10. The summed E-state index contributed by atoms with van der Waals surface area (Å²) in [6, 6.07) is 7.88. The van der Waals surface area contributed by atoms with E-state index >= 15 is 0 Å². The zero-order valence-corrected chi connectivity index (χ0v) is 11.6. The zero-order valence-electron chi connectivity index (χ0n) is 11.6. The largest absolute Gasteiger partial charge is 0.416 e. The van der Waals surface area contributed by atoms with Gasteiger partial charge in [0.25, 0.3) is 0 Å². The number of rotatable bonds is 4. The van der Waals surface area contributed by atoms with Crippen LogP contribution in [0.4, 0.5) is 18.9 Å². The van der Waals surface area contributed by atoms with Crippen molar-refractivity contribution in [2.45, 2.75) is 19.3 Å². The van der Waals surface area contributed by atoms with Crippen LogP contribution >= 0.6 is 0 Å². The van der Waals surface area contributed by atoms with Crippen molar-refractivity contribution in [3.63, 3.8) is 0 Å². The lowest BCUT2D eigenvalue weighted by atomic mass is 10.1. The second kappa shape index (κ2) is 6.13. The highest BCUT2D eigenvalue weighted by Crippen LogP contribution is 2.34. The van der Waals surface area contributed by atoms with Crippen LogP contribution in [0, 0.1) is 0 Å². The first kappa shape index (κ1) is 15.3. The van der Waals surface area contributed by atoms with E-state index in [1.165, 1.54) is 6.07 Å². The Balaban J connectivity index is 2.28. The van der Waals surface area contributed by atoms with Gasteiger partial charge in [-0.25, -0.2) is 0 Å². The maximum Gasteiger partial charge on any atom is 0.416 e. The Morgan fingerprint density at radius 1 is 1.24 bits per heavy atom. The molecule has 0 aliphatic rings. The van der Waals surface area contributed by atoms with Gasteiger partial charge in [0.15, 0.2) is 0 Å². The number of anilines is 1. The highest BCUT2D eigenvalue weighted by atomic mass is 19.4. The van der Waals surface area contributed by atoms with Crippen LogP contribution in [0.2, 0.25) is 0 Å². The Hall–Kier alpha value is -2.08. The molecule has 0 radical (unpaired) electrons. The standard InChI is InChI=1S/C15H16F3N3/c1-21(10-11-3-2-6-20-9-11)13-5-4-12(8-19)14(7-13)15(16,17)18/h2-7,9H,8,10,19H2,1H3. The van der Waals surface area contributed by atoms with Gasteiger partial charge in [0.2, 0.25) is 0 Å². The summed E-state index contributed by atoms with van der Waals surface area (Å²) >= 11 is 0. The van der Waals surface area contributed by atoms with Crippen LogP contribution in [-0.2, 0) is 19.3 Å². The first-order valence-corrected chi connectivity index (χ1v) is 6.42. The molecule has 1 heterocycles. The van der Waals surface area contributed by atoms with Crippen molar-refractivity contribution in [3.05, 3.63) is 59.4 Å². The van der Waals surface area contributed by atoms with Crippen LogP contribution in [0.5, 0.6) is 0 Å². The molecule has 0 saturated carbocycles. The van der Waals surface area contributed by atoms with E-state index in [0.717, 1.165) is 11.6 Å². The van der Waals surface area contributed by atoms with Crippen molar-refractivity contribution < 1.29 is 13.2 Å². The monoisotopic (exact) mass is 295 g/mol. The highest BCUT2D eigenvalue weighted by molar-refractivity contribution is 5.51. The smallest absolute Gasteiger partial charge is 0.370 e. The molecule has 0 aliphatic carbocycles. The van der Waals surface area contributed by atoms with Crippen molar-refractivity contribution in [1.29, 1.82) is 0 Å². The summed E-state index contributed by atoms with van der Waals surface area (Å²) in [5, 5.41) is 0. The lowest BCUT2D eigenvalue weighted by molar-refractivity contribution is -0.138. The normalized spacial score (nSPS) is 11.5. The molecule has 2 rings (SSSR count). The maximum absolute atomic E-state index is 13.0. The van der Waals surface area contributed by atoms with Crippen LogP contribution in [0.3, 0.4) is 0 Å². The van der Waals surface area contributed by atoms with E-state index in [1.54, 1.807) is 36.5 Å². The quantitative estimate of drug-likeness (QED) is 0.942. The van der Waals surface area contributed by atoms with Crippen LogP contribution in [-0.4, -0.2) is 12.0 Å². The number of pyridine rings is 1. The second-order valence-electron chi connectivity index (χ2n) is 4.76. The molecule has 0 fully saturated rings. The fourth-order valence-electron chi connectivity index (χ4n) is 2.10. The van der Waals surface area contributed by atoms with Gasteiger partial charge >= 0.3 is 6.18 Å². The highest BCUT2D eigenvalue weighted by Gasteiger charge is 2.33. The van der Waals surface area contributed by atoms with E-state index in [1.807, 2.05) is 6.07 Å². The lowest BCUT2D eigenvalue weighted by Gasteiger charge is -2.22. The number of alkyl halides is 3. The number of nitrogens with two attached hydrogens (primary N) is 1. The predicted octanol–water partition coefficient (Wildman–Crippen LogP) is 3.20. The third-order valence-electron chi connectivity index (χ3n) is 3.20. The van der Waals surface area contributed by atoms with Gasteiger partial charge in [0.05, 0.1) is 5.56 Å². The molecule has 112 valence electrons. The Morgan fingerprint density at radius 2 is 2.00 bits per heavy atom. The molecular formula is C15H16F3N3. The van der Waals surface area contributed by atoms with Crippen molar-refractivity contribution in [1.82, 2.24) is 4.98 Å². The molecule has 21 heavy (non-hydrogen) atoms. The number of hydrogen-bond acceptors (Lipinski definition) is 3. The van der Waals surface area contributed by atoms with Gasteiger partial charge in [-0.15, -0.1) is 0 Å². The van der Waals surface area contributed by atoms with E-state index in [2.05, 4.69) is 4.98 Å². The third kappa shape index (κ3) is 3.72. The van der Waals surface area contributed by atoms with Gasteiger partial charge in [0, 0.05) is 38.2 Å². The average Bonchev–Trinajstić information content (AvgIpc) is 2.46. The van der Waals surface area contributed by atoms with Gasteiger partial charge in [-0.2, -0.15) is 13.2 Å². The Kier molecular flexibility index (Phi) is 4.47. The molecule has 1 aromatic heterocycles. The Morgan fingerprint density at radius 3 is 2.57 bits per heavy atom. The number of nitrogens with zero attached hydrogens (tertiary/aromatic N) is 2. The summed E-state index contributed by atoms with van der Waals surface area (Å²) in [6.45, 7) is 0.342. The molecule has 3 nitrogen and oxygen atoms in total. The second-order valence-corrected chi connectivity index (χ2v) is 4.76. The summed E-state index contributed by atoms with van der Waals surface area (Å²) in [5.41, 5.74) is 6.21. The molecule has 0 atom stereocenters. The maximum atomic E-state index is 13.0. The zero-order chi connectivity index (χ0) is 15.5. The van der Waals surface area contributed by atoms with Gasteiger partial charge < -0.3 is 10.6 Å². The average molecular weight is 295 g/mol. The van der Waals surface area contributed by atoms with Crippen molar-refractivity contribution in [2.75, 3.05) is 11.9 Å². The van der Waals surface area contributed by atoms with Crippen LogP contribution in [0.15, 0.2) is 42.7 Å². The number of hydrogen-bond donors (Lipinski definition) is 1. The topological polar surface area (TPSA) is 42.2 Å². The molecule has 2 N–H and O–H groups in total. The molecule has 0 spiro atoms. The molecule has 1 aromatic carbocycles. The molecule has 0 unspecified atom stereocenters. The van der Waals surface area contributed by atoms with Gasteiger partial charge in [-0.1, -0.05) is 12.1 Å². The minimum atomic E-state index is -4.40. The molecule has 2 aromatic rings. The summed E-state index contributed by atoms with van der Waals surface area (Å²) in [6.07, 6.45) is -1.06. The van der Waals surface area contributed by atoms with Gasteiger partial charge in [0.1, 0.15) is 0 Å².